The molecule has 0 saturated heterocycles. The van der Waals surface area contributed by atoms with Gasteiger partial charge in [0.15, 0.2) is 11.5 Å². The van der Waals surface area contributed by atoms with Crippen LogP contribution in [-0.4, -0.2) is 32.1 Å². The summed E-state index contributed by atoms with van der Waals surface area (Å²) in [4.78, 5) is 24.3. The minimum atomic E-state index is -2.95. The molecule has 0 radical (unpaired) electrons. The van der Waals surface area contributed by atoms with E-state index < -0.39 is 6.61 Å². The quantitative estimate of drug-likeness (QED) is 0.648. The number of halogens is 2. The number of hydrogen-bond acceptors (Lipinski definition) is 4. The lowest BCUT2D eigenvalue weighted by Gasteiger charge is -2.12. The fourth-order valence-electron chi connectivity index (χ4n) is 3.11. The molecule has 0 aliphatic heterocycles. The summed E-state index contributed by atoms with van der Waals surface area (Å²) in [5.41, 5.74) is 1.84. The van der Waals surface area contributed by atoms with Crippen molar-refractivity contribution in [2.24, 2.45) is 11.8 Å². The number of carbonyl (C=O) groups is 2. The van der Waals surface area contributed by atoms with E-state index in [1.807, 2.05) is 6.92 Å². The molecular weight excluding hydrogens is 394 g/mol. The summed E-state index contributed by atoms with van der Waals surface area (Å²) >= 11 is 0. The van der Waals surface area contributed by atoms with Crippen molar-refractivity contribution in [2.75, 3.05) is 19.0 Å². The summed E-state index contributed by atoms with van der Waals surface area (Å²) in [6.07, 6.45) is 1.35. The Kier molecular flexibility index (Phi) is 6.87. The van der Waals surface area contributed by atoms with Gasteiger partial charge in [0.2, 0.25) is 5.91 Å². The molecular formula is C22H24F2N2O4. The predicted octanol–water partition coefficient (Wildman–Crippen LogP) is 3.86. The molecule has 6 nitrogen and oxygen atoms in total. The maximum atomic E-state index is 12.5. The maximum Gasteiger partial charge on any atom is 0.387 e. The van der Waals surface area contributed by atoms with E-state index in [0.717, 1.165) is 12.0 Å². The highest BCUT2D eigenvalue weighted by Gasteiger charge is 2.39. The van der Waals surface area contributed by atoms with Gasteiger partial charge in [0.25, 0.3) is 5.91 Å². The van der Waals surface area contributed by atoms with Gasteiger partial charge < -0.3 is 20.1 Å². The lowest BCUT2D eigenvalue weighted by molar-refractivity contribution is -0.117. The van der Waals surface area contributed by atoms with Gasteiger partial charge in [-0.15, -0.1) is 0 Å². The molecule has 0 bridgehead atoms. The van der Waals surface area contributed by atoms with Crippen molar-refractivity contribution < 1.29 is 27.8 Å². The molecule has 2 unspecified atom stereocenters. The second kappa shape index (κ2) is 9.56. The van der Waals surface area contributed by atoms with E-state index in [1.165, 1.54) is 13.2 Å². The summed E-state index contributed by atoms with van der Waals surface area (Å²) in [7, 11) is 1.37. The predicted molar refractivity (Wildman–Crippen MR) is 108 cm³/mol. The normalized spacial score (nSPS) is 17.4. The average Bonchev–Trinajstić information content (AvgIpc) is 3.45. The van der Waals surface area contributed by atoms with E-state index in [1.54, 1.807) is 36.4 Å². The minimum absolute atomic E-state index is 0.00869. The first-order chi connectivity index (χ1) is 14.4. The molecule has 2 amide bonds. The van der Waals surface area contributed by atoms with E-state index in [-0.39, 0.29) is 29.2 Å². The van der Waals surface area contributed by atoms with Crippen LogP contribution in [0.4, 0.5) is 14.5 Å². The topological polar surface area (TPSA) is 76.7 Å². The number of benzene rings is 2. The number of nitrogens with one attached hydrogen (secondary N) is 2. The molecule has 2 aromatic rings. The van der Waals surface area contributed by atoms with E-state index in [0.29, 0.717) is 30.1 Å². The highest BCUT2D eigenvalue weighted by Crippen LogP contribution is 2.38. The van der Waals surface area contributed by atoms with Crippen molar-refractivity contribution >= 4 is 17.5 Å². The smallest absolute Gasteiger partial charge is 0.387 e. The number of rotatable bonds is 9. The Hall–Kier alpha value is -3.16. The molecule has 2 atom stereocenters. The highest BCUT2D eigenvalue weighted by molar-refractivity contribution is 5.96. The summed E-state index contributed by atoms with van der Waals surface area (Å²) in [5, 5.41) is 5.63. The van der Waals surface area contributed by atoms with Crippen molar-refractivity contribution in [3.05, 3.63) is 53.6 Å². The van der Waals surface area contributed by atoms with Gasteiger partial charge in [-0.3, -0.25) is 9.59 Å². The molecule has 30 heavy (non-hydrogen) atoms. The van der Waals surface area contributed by atoms with Gasteiger partial charge in [-0.1, -0.05) is 13.0 Å². The van der Waals surface area contributed by atoms with Crippen LogP contribution in [0.25, 0.3) is 0 Å². The van der Waals surface area contributed by atoms with Crippen LogP contribution in [0.1, 0.15) is 29.3 Å². The zero-order valence-corrected chi connectivity index (χ0v) is 16.8. The summed E-state index contributed by atoms with van der Waals surface area (Å²) in [5.74, 6) is 0.424. The number of carbonyl (C=O) groups excluding carboxylic acids is 2. The van der Waals surface area contributed by atoms with Crippen LogP contribution in [0.3, 0.4) is 0 Å². The molecule has 160 valence electrons. The zero-order chi connectivity index (χ0) is 21.7. The molecule has 1 saturated carbocycles. The maximum absolute atomic E-state index is 12.5. The highest BCUT2D eigenvalue weighted by atomic mass is 19.3. The first-order valence-electron chi connectivity index (χ1n) is 9.68. The molecule has 1 aliphatic rings. The van der Waals surface area contributed by atoms with Crippen LogP contribution in [0, 0.1) is 11.8 Å². The third-order valence-electron chi connectivity index (χ3n) is 5.00. The first kappa shape index (κ1) is 21.5. The van der Waals surface area contributed by atoms with Crippen LogP contribution in [0.2, 0.25) is 0 Å². The van der Waals surface area contributed by atoms with Crippen molar-refractivity contribution in [2.45, 2.75) is 26.4 Å². The first-order valence-corrected chi connectivity index (χ1v) is 9.68. The molecule has 8 heteroatoms. The number of ether oxygens (including phenoxy) is 2. The Morgan fingerprint density at radius 2 is 1.83 bits per heavy atom. The molecule has 1 aliphatic carbocycles. The monoisotopic (exact) mass is 418 g/mol. The Morgan fingerprint density at radius 1 is 1.13 bits per heavy atom. The van der Waals surface area contributed by atoms with Gasteiger partial charge in [-0.2, -0.15) is 8.78 Å². The van der Waals surface area contributed by atoms with Crippen molar-refractivity contribution in [3.63, 3.8) is 0 Å². The van der Waals surface area contributed by atoms with Gasteiger partial charge in [-0.25, -0.2) is 0 Å². The molecule has 2 N–H and O–H groups in total. The fraction of sp³-hybridized carbons (Fsp3) is 0.364. The molecule has 0 aromatic heterocycles. The van der Waals surface area contributed by atoms with Crippen LogP contribution in [0.5, 0.6) is 11.5 Å². The summed E-state index contributed by atoms with van der Waals surface area (Å²) in [6.45, 7) is -0.595. The van der Waals surface area contributed by atoms with Crippen LogP contribution in [-0.2, 0) is 11.2 Å². The standard InChI is InChI=1S/C22H24F2N2O4/c1-13-11-17(13)21(28)26-16-6-4-15(5-7-16)20(27)25-10-9-14-3-8-18(29-2)19(12-14)30-22(23)24/h3-8,12-13,17,22H,9-11H2,1-2H3,(H,25,27)(H,26,28). The van der Waals surface area contributed by atoms with Crippen molar-refractivity contribution in [1.29, 1.82) is 0 Å². The van der Waals surface area contributed by atoms with E-state index in [2.05, 4.69) is 15.4 Å². The molecule has 0 heterocycles. The number of anilines is 1. The van der Waals surface area contributed by atoms with Crippen LogP contribution in [0.15, 0.2) is 42.5 Å². The number of alkyl halides is 2. The third-order valence-corrected chi connectivity index (χ3v) is 5.00. The van der Waals surface area contributed by atoms with Crippen molar-refractivity contribution in [1.82, 2.24) is 5.32 Å². The number of methoxy groups -OCH3 is 1. The zero-order valence-electron chi connectivity index (χ0n) is 16.8. The fourth-order valence-corrected chi connectivity index (χ4v) is 3.11. The van der Waals surface area contributed by atoms with Gasteiger partial charge >= 0.3 is 6.61 Å². The Labute approximate surface area is 173 Å². The Morgan fingerprint density at radius 3 is 2.43 bits per heavy atom. The third kappa shape index (κ3) is 5.68. The summed E-state index contributed by atoms with van der Waals surface area (Å²) < 4.78 is 34.5. The van der Waals surface area contributed by atoms with E-state index in [4.69, 9.17) is 4.74 Å². The lowest BCUT2D eigenvalue weighted by Crippen LogP contribution is -2.25. The van der Waals surface area contributed by atoms with Crippen LogP contribution < -0.4 is 20.1 Å². The Bertz CT molecular complexity index is 903. The average molecular weight is 418 g/mol. The van der Waals surface area contributed by atoms with Gasteiger partial charge in [0.05, 0.1) is 7.11 Å². The number of hydrogen-bond donors (Lipinski definition) is 2. The second-order valence-corrected chi connectivity index (χ2v) is 7.26. The van der Waals surface area contributed by atoms with Crippen LogP contribution >= 0.6 is 0 Å². The van der Waals surface area contributed by atoms with Gasteiger partial charge in [-0.05, 0) is 60.7 Å². The molecule has 1 fully saturated rings. The molecule has 2 aromatic carbocycles. The largest absolute Gasteiger partial charge is 0.493 e. The lowest BCUT2D eigenvalue weighted by atomic mass is 10.1. The van der Waals surface area contributed by atoms with Gasteiger partial charge in [0, 0.05) is 23.7 Å². The number of amides is 2. The SMILES string of the molecule is COc1ccc(CCNC(=O)c2ccc(NC(=O)C3CC3C)cc2)cc1OC(F)F. The van der Waals surface area contributed by atoms with Crippen molar-refractivity contribution in [3.8, 4) is 11.5 Å². The second-order valence-electron chi connectivity index (χ2n) is 7.26. The Balaban J connectivity index is 1.50. The minimum Gasteiger partial charge on any atom is -0.493 e. The van der Waals surface area contributed by atoms with Gasteiger partial charge in [0.1, 0.15) is 0 Å². The van der Waals surface area contributed by atoms with E-state index >= 15 is 0 Å². The molecule has 3 rings (SSSR count). The molecule has 0 spiro atoms. The van der Waals surface area contributed by atoms with E-state index in [9.17, 15) is 18.4 Å². The summed E-state index contributed by atoms with van der Waals surface area (Å²) in [6, 6.07) is 11.4.